The summed E-state index contributed by atoms with van der Waals surface area (Å²) in [6.45, 7) is 8.95. The van der Waals surface area contributed by atoms with Gasteiger partial charge in [-0.2, -0.15) is 0 Å². The lowest BCUT2D eigenvalue weighted by Gasteiger charge is -2.28. The fourth-order valence-electron chi connectivity index (χ4n) is 2.51. The van der Waals surface area contributed by atoms with Crippen molar-refractivity contribution in [3.05, 3.63) is 11.9 Å². The van der Waals surface area contributed by atoms with Gasteiger partial charge < -0.3 is 15.0 Å². The molecule has 106 valence electrons. The number of rotatable bonds is 5. The Kier molecular flexibility index (Phi) is 4.58. The monoisotopic (exact) mass is 264 g/mol. The fraction of sp³-hybridized carbons (Fsp3) is 0.714. The van der Waals surface area contributed by atoms with Crippen molar-refractivity contribution in [2.75, 3.05) is 37.0 Å². The first-order chi connectivity index (χ1) is 9.15. The summed E-state index contributed by atoms with van der Waals surface area (Å²) in [6, 6.07) is 0.418. The van der Waals surface area contributed by atoms with E-state index in [0.29, 0.717) is 12.0 Å². The zero-order chi connectivity index (χ0) is 13.8. The summed E-state index contributed by atoms with van der Waals surface area (Å²) in [7, 11) is 2.10. The first-order valence-electron chi connectivity index (χ1n) is 7.04. The Balaban J connectivity index is 2.34. The van der Waals surface area contributed by atoms with Crippen molar-refractivity contribution in [2.45, 2.75) is 39.2 Å². The summed E-state index contributed by atoms with van der Waals surface area (Å²) in [5.41, 5.74) is 1.19. The number of nitrogens with one attached hydrogen (secondary N) is 1. The maximum atomic E-state index is 5.48. The van der Waals surface area contributed by atoms with Crippen LogP contribution in [0.25, 0.3) is 0 Å². The van der Waals surface area contributed by atoms with E-state index in [1.807, 2.05) is 0 Å². The quantitative estimate of drug-likeness (QED) is 0.884. The second-order valence-electron chi connectivity index (χ2n) is 5.27. The number of ether oxygens (including phenoxy) is 1. The largest absolute Gasteiger partial charge is 0.379 e. The third-order valence-electron chi connectivity index (χ3n) is 3.57. The van der Waals surface area contributed by atoms with E-state index < -0.39 is 0 Å². The van der Waals surface area contributed by atoms with Crippen molar-refractivity contribution in [1.29, 1.82) is 0 Å². The zero-order valence-electron chi connectivity index (χ0n) is 12.3. The molecule has 2 rings (SSSR count). The standard InChI is InChI=1S/C14H24N4O/c1-5-15-13-12(10(2)3)14(17-9-16-13)18(4)11-6-7-19-8-11/h9-11H,5-8H2,1-4H3,(H,15,16,17). The van der Waals surface area contributed by atoms with E-state index >= 15 is 0 Å². The molecule has 0 aromatic carbocycles. The lowest BCUT2D eigenvalue weighted by molar-refractivity contribution is 0.193. The van der Waals surface area contributed by atoms with Crippen molar-refractivity contribution in [2.24, 2.45) is 0 Å². The van der Waals surface area contributed by atoms with Gasteiger partial charge in [0.1, 0.15) is 18.0 Å². The van der Waals surface area contributed by atoms with Crippen LogP contribution in [0.2, 0.25) is 0 Å². The molecule has 1 atom stereocenters. The molecule has 1 saturated heterocycles. The lowest BCUT2D eigenvalue weighted by atomic mass is 10.0. The van der Waals surface area contributed by atoms with E-state index in [9.17, 15) is 0 Å². The van der Waals surface area contributed by atoms with E-state index in [4.69, 9.17) is 4.74 Å². The van der Waals surface area contributed by atoms with Gasteiger partial charge in [0, 0.05) is 25.8 Å². The maximum absolute atomic E-state index is 5.48. The average molecular weight is 264 g/mol. The molecular weight excluding hydrogens is 240 g/mol. The maximum Gasteiger partial charge on any atom is 0.137 e. The van der Waals surface area contributed by atoms with Crippen LogP contribution in [-0.4, -0.2) is 42.8 Å². The highest BCUT2D eigenvalue weighted by Gasteiger charge is 2.25. The summed E-state index contributed by atoms with van der Waals surface area (Å²) < 4.78 is 5.48. The van der Waals surface area contributed by atoms with Crippen molar-refractivity contribution in [3.63, 3.8) is 0 Å². The number of hydrogen-bond donors (Lipinski definition) is 1. The molecule has 19 heavy (non-hydrogen) atoms. The van der Waals surface area contributed by atoms with Crippen LogP contribution in [0, 0.1) is 0 Å². The topological polar surface area (TPSA) is 50.3 Å². The summed E-state index contributed by atoms with van der Waals surface area (Å²) >= 11 is 0. The minimum Gasteiger partial charge on any atom is -0.379 e. The Morgan fingerprint density at radius 3 is 2.84 bits per heavy atom. The van der Waals surface area contributed by atoms with Gasteiger partial charge in [0.15, 0.2) is 0 Å². The second kappa shape index (κ2) is 6.19. The predicted molar refractivity (Wildman–Crippen MR) is 77.9 cm³/mol. The van der Waals surface area contributed by atoms with Crippen molar-refractivity contribution >= 4 is 11.6 Å². The van der Waals surface area contributed by atoms with Crippen LogP contribution in [0.3, 0.4) is 0 Å². The number of hydrogen-bond acceptors (Lipinski definition) is 5. The molecule has 5 nitrogen and oxygen atoms in total. The molecule has 0 bridgehead atoms. The van der Waals surface area contributed by atoms with E-state index in [0.717, 1.165) is 37.8 Å². The number of likely N-dealkylation sites (N-methyl/N-ethyl adjacent to an activating group) is 1. The minimum atomic E-state index is 0.384. The van der Waals surface area contributed by atoms with Gasteiger partial charge >= 0.3 is 0 Å². The van der Waals surface area contributed by atoms with Crippen molar-refractivity contribution in [3.8, 4) is 0 Å². The molecule has 0 aliphatic carbocycles. The molecule has 2 heterocycles. The smallest absolute Gasteiger partial charge is 0.137 e. The van der Waals surface area contributed by atoms with E-state index in [1.165, 1.54) is 5.56 Å². The number of aromatic nitrogens is 2. The predicted octanol–water partition coefficient (Wildman–Crippen LogP) is 2.26. The van der Waals surface area contributed by atoms with Crippen LogP contribution in [-0.2, 0) is 4.74 Å². The summed E-state index contributed by atoms with van der Waals surface area (Å²) in [5, 5.41) is 3.33. The van der Waals surface area contributed by atoms with Gasteiger partial charge in [0.25, 0.3) is 0 Å². The summed E-state index contributed by atoms with van der Waals surface area (Å²) in [5.74, 6) is 2.36. The van der Waals surface area contributed by atoms with Gasteiger partial charge in [0.05, 0.1) is 12.6 Å². The Bertz CT molecular complexity index is 416. The molecule has 0 amide bonds. The van der Waals surface area contributed by atoms with Crippen LogP contribution in [0.4, 0.5) is 11.6 Å². The number of nitrogens with zero attached hydrogens (tertiary/aromatic N) is 3. The first kappa shape index (κ1) is 14.1. The molecule has 1 N–H and O–H groups in total. The summed E-state index contributed by atoms with van der Waals surface area (Å²) in [6.07, 6.45) is 2.71. The highest BCUT2D eigenvalue weighted by atomic mass is 16.5. The SMILES string of the molecule is CCNc1ncnc(N(C)C2CCOC2)c1C(C)C. The number of anilines is 2. The molecule has 1 aliphatic heterocycles. The van der Waals surface area contributed by atoms with Crippen LogP contribution in [0.15, 0.2) is 6.33 Å². The van der Waals surface area contributed by atoms with Crippen molar-refractivity contribution in [1.82, 2.24) is 9.97 Å². The van der Waals surface area contributed by atoms with Gasteiger partial charge in [-0.05, 0) is 19.3 Å². The van der Waals surface area contributed by atoms with Crippen molar-refractivity contribution < 1.29 is 4.74 Å². The van der Waals surface area contributed by atoms with Crippen LogP contribution in [0.5, 0.6) is 0 Å². The van der Waals surface area contributed by atoms with E-state index in [2.05, 4.69) is 48.0 Å². The molecule has 5 heteroatoms. The van der Waals surface area contributed by atoms with Gasteiger partial charge in [-0.15, -0.1) is 0 Å². The lowest BCUT2D eigenvalue weighted by Crippen LogP contribution is -2.33. The second-order valence-corrected chi connectivity index (χ2v) is 5.27. The van der Waals surface area contributed by atoms with E-state index in [-0.39, 0.29) is 0 Å². The normalized spacial score (nSPS) is 18.9. The average Bonchev–Trinajstić information content (AvgIpc) is 2.91. The third kappa shape index (κ3) is 2.97. The molecule has 1 aromatic heterocycles. The molecular formula is C14H24N4O. The summed E-state index contributed by atoms with van der Waals surface area (Å²) in [4.78, 5) is 11.1. The van der Waals surface area contributed by atoms with Gasteiger partial charge in [0.2, 0.25) is 0 Å². The molecule has 0 saturated carbocycles. The van der Waals surface area contributed by atoms with Crippen LogP contribution >= 0.6 is 0 Å². The Morgan fingerprint density at radius 1 is 1.47 bits per heavy atom. The Labute approximate surface area is 115 Å². The van der Waals surface area contributed by atoms with Crippen LogP contribution < -0.4 is 10.2 Å². The zero-order valence-corrected chi connectivity index (χ0v) is 12.3. The molecule has 1 fully saturated rings. The van der Waals surface area contributed by atoms with Gasteiger partial charge in [-0.3, -0.25) is 0 Å². The van der Waals surface area contributed by atoms with Gasteiger partial charge in [-0.1, -0.05) is 13.8 Å². The fourth-order valence-corrected chi connectivity index (χ4v) is 2.51. The highest BCUT2D eigenvalue weighted by Crippen LogP contribution is 2.32. The Morgan fingerprint density at radius 2 is 2.26 bits per heavy atom. The molecule has 1 aromatic rings. The van der Waals surface area contributed by atoms with Gasteiger partial charge in [-0.25, -0.2) is 9.97 Å². The first-order valence-corrected chi connectivity index (χ1v) is 7.04. The molecule has 0 radical (unpaired) electrons. The molecule has 0 spiro atoms. The molecule has 1 aliphatic rings. The third-order valence-corrected chi connectivity index (χ3v) is 3.57. The van der Waals surface area contributed by atoms with E-state index in [1.54, 1.807) is 6.33 Å². The highest BCUT2D eigenvalue weighted by molar-refractivity contribution is 5.60. The minimum absolute atomic E-state index is 0.384. The molecule has 1 unspecified atom stereocenters. The Hall–Kier alpha value is -1.36. The van der Waals surface area contributed by atoms with Crippen LogP contribution in [0.1, 0.15) is 38.7 Å².